The molecule has 0 aliphatic carbocycles. The second-order valence-corrected chi connectivity index (χ2v) is 6.16. The summed E-state index contributed by atoms with van der Waals surface area (Å²) in [5.41, 5.74) is -3.08. The van der Waals surface area contributed by atoms with Gasteiger partial charge in [-0.25, -0.2) is 0 Å². The fourth-order valence-corrected chi connectivity index (χ4v) is 2.08. The first-order valence-corrected chi connectivity index (χ1v) is 7.64. The van der Waals surface area contributed by atoms with E-state index in [2.05, 4.69) is 5.32 Å². The molecule has 0 unspecified atom stereocenters. The van der Waals surface area contributed by atoms with Crippen LogP contribution >= 0.6 is 0 Å². The molecule has 0 bridgehead atoms. The average molecular weight is 391 g/mol. The summed E-state index contributed by atoms with van der Waals surface area (Å²) in [7, 11) is 0. The van der Waals surface area contributed by atoms with Gasteiger partial charge in [-0.15, -0.1) is 0 Å². The van der Waals surface area contributed by atoms with Crippen LogP contribution in [0.1, 0.15) is 25.0 Å². The molecule has 2 aromatic rings. The van der Waals surface area contributed by atoms with Crippen LogP contribution in [-0.4, -0.2) is 11.5 Å². The number of anilines is 1. The monoisotopic (exact) mass is 391 g/mol. The normalized spacial score (nSPS) is 12.6. The maximum absolute atomic E-state index is 12.6. The third kappa shape index (κ3) is 5.38. The van der Waals surface area contributed by atoms with Gasteiger partial charge >= 0.3 is 12.4 Å². The Hall–Kier alpha value is -2.71. The number of carbonyl (C=O) groups excluding carboxylic acids is 1. The first-order chi connectivity index (χ1) is 12.3. The summed E-state index contributed by atoms with van der Waals surface area (Å²) in [6, 6.07) is 7.62. The highest BCUT2D eigenvalue weighted by atomic mass is 19.4. The van der Waals surface area contributed by atoms with Gasteiger partial charge in [-0.3, -0.25) is 4.79 Å². The molecule has 0 spiro atoms. The topological polar surface area (TPSA) is 38.3 Å². The van der Waals surface area contributed by atoms with E-state index in [1.165, 1.54) is 13.8 Å². The average Bonchev–Trinajstić information content (AvgIpc) is 2.53. The third-order valence-electron chi connectivity index (χ3n) is 3.57. The summed E-state index contributed by atoms with van der Waals surface area (Å²) < 4.78 is 80.7. The van der Waals surface area contributed by atoms with E-state index in [0.29, 0.717) is 0 Å². The van der Waals surface area contributed by atoms with Gasteiger partial charge in [-0.2, -0.15) is 26.3 Å². The molecule has 0 aromatic heterocycles. The molecule has 0 aliphatic heterocycles. The largest absolute Gasteiger partial charge is 0.478 e. The van der Waals surface area contributed by atoms with Crippen molar-refractivity contribution in [2.24, 2.45) is 0 Å². The molecule has 0 heterocycles. The van der Waals surface area contributed by atoms with Crippen LogP contribution in [0.2, 0.25) is 0 Å². The zero-order chi connectivity index (χ0) is 20.5. The molecule has 9 heteroatoms. The van der Waals surface area contributed by atoms with Crippen molar-refractivity contribution in [3.63, 3.8) is 0 Å². The molecule has 0 aliphatic rings. The van der Waals surface area contributed by atoms with Gasteiger partial charge in [0.2, 0.25) is 0 Å². The van der Waals surface area contributed by atoms with Crippen LogP contribution < -0.4 is 10.1 Å². The van der Waals surface area contributed by atoms with E-state index in [0.717, 1.165) is 48.5 Å². The van der Waals surface area contributed by atoms with Crippen LogP contribution in [0.3, 0.4) is 0 Å². The van der Waals surface area contributed by atoms with Gasteiger partial charge in [0.15, 0.2) is 5.60 Å². The maximum atomic E-state index is 12.6. The lowest BCUT2D eigenvalue weighted by molar-refractivity contribution is -0.138. The highest BCUT2D eigenvalue weighted by molar-refractivity contribution is 5.97. The first kappa shape index (κ1) is 20.6. The Morgan fingerprint density at radius 3 is 1.59 bits per heavy atom. The molecule has 146 valence electrons. The molecule has 2 rings (SSSR count). The van der Waals surface area contributed by atoms with Crippen LogP contribution in [0.15, 0.2) is 48.5 Å². The summed E-state index contributed by atoms with van der Waals surface area (Å²) in [5.74, 6) is -0.641. The number of ether oxygens (including phenoxy) is 1. The Morgan fingerprint density at radius 2 is 1.19 bits per heavy atom. The molecular formula is C18H15F6NO2. The molecule has 2 aromatic carbocycles. The Kier molecular flexibility index (Phi) is 5.44. The van der Waals surface area contributed by atoms with Crippen molar-refractivity contribution in [2.45, 2.75) is 31.8 Å². The first-order valence-electron chi connectivity index (χ1n) is 7.64. The van der Waals surface area contributed by atoms with Crippen LogP contribution in [0.25, 0.3) is 0 Å². The van der Waals surface area contributed by atoms with Gasteiger partial charge in [-0.1, -0.05) is 0 Å². The number of alkyl halides is 6. The van der Waals surface area contributed by atoms with Crippen molar-refractivity contribution in [1.29, 1.82) is 0 Å². The number of hydrogen-bond acceptors (Lipinski definition) is 2. The highest BCUT2D eigenvalue weighted by Gasteiger charge is 2.33. The van der Waals surface area contributed by atoms with E-state index in [1.807, 2.05) is 0 Å². The van der Waals surface area contributed by atoms with Crippen molar-refractivity contribution < 1.29 is 35.9 Å². The van der Waals surface area contributed by atoms with Gasteiger partial charge in [0.05, 0.1) is 11.1 Å². The fourth-order valence-electron chi connectivity index (χ4n) is 2.08. The Bertz CT molecular complexity index is 793. The Balaban J connectivity index is 2.06. The van der Waals surface area contributed by atoms with Crippen molar-refractivity contribution in [2.75, 3.05) is 5.32 Å². The predicted octanol–water partition coefficient (Wildman–Crippen LogP) is 5.52. The molecule has 27 heavy (non-hydrogen) atoms. The zero-order valence-corrected chi connectivity index (χ0v) is 14.2. The van der Waals surface area contributed by atoms with Crippen molar-refractivity contribution in [3.8, 4) is 5.75 Å². The maximum Gasteiger partial charge on any atom is 0.416 e. The minimum Gasteiger partial charge on any atom is -0.478 e. The lowest BCUT2D eigenvalue weighted by Gasteiger charge is -2.25. The van der Waals surface area contributed by atoms with E-state index in [4.69, 9.17) is 4.74 Å². The van der Waals surface area contributed by atoms with Gasteiger partial charge in [0.1, 0.15) is 5.75 Å². The predicted molar refractivity (Wildman–Crippen MR) is 86.2 cm³/mol. The number of nitrogens with one attached hydrogen (secondary N) is 1. The second-order valence-electron chi connectivity index (χ2n) is 6.16. The van der Waals surface area contributed by atoms with Crippen LogP contribution in [0.4, 0.5) is 32.0 Å². The summed E-state index contributed by atoms with van der Waals surface area (Å²) in [6.07, 6.45) is -8.98. The van der Waals surface area contributed by atoms with Gasteiger partial charge in [0.25, 0.3) is 5.91 Å². The molecular weight excluding hydrogens is 376 g/mol. The van der Waals surface area contributed by atoms with Crippen LogP contribution in [0, 0.1) is 0 Å². The molecule has 1 amide bonds. The molecule has 0 saturated heterocycles. The van der Waals surface area contributed by atoms with E-state index >= 15 is 0 Å². The Morgan fingerprint density at radius 1 is 0.778 bits per heavy atom. The molecule has 0 radical (unpaired) electrons. The smallest absolute Gasteiger partial charge is 0.416 e. The molecule has 0 fully saturated rings. The quantitative estimate of drug-likeness (QED) is 0.697. The highest BCUT2D eigenvalue weighted by Crippen LogP contribution is 2.32. The SMILES string of the molecule is CC(C)(Oc1ccc(C(F)(F)F)cc1)C(=O)Nc1ccc(C(F)(F)F)cc1. The van der Waals surface area contributed by atoms with E-state index in [9.17, 15) is 31.1 Å². The van der Waals surface area contributed by atoms with Crippen molar-refractivity contribution in [1.82, 2.24) is 0 Å². The lowest BCUT2D eigenvalue weighted by atomic mass is 10.1. The number of rotatable bonds is 4. The number of hydrogen-bond donors (Lipinski definition) is 1. The number of halogens is 6. The zero-order valence-electron chi connectivity index (χ0n) is 14.2. The number of carbonyl (C=O) groups is 1. The second kappa shape index (κ2) is 7.13. The minimum atomic E-state index is -4.49. The fraction of sp³-hybridized carbons (Fsp3) is 0.278. The summed E-state index contributed by atoms with van der Waals surface area (Å²) in [6.45, 7) is 2.76. The van der Waals surface area contributed by atoms with Crippen molar-refractivity contribution in [3.05, 3.63) is 59.7 Å². The van der Waals surface area contributed by atoms with Crippen LogP contribution in [0.5, 0.6) is 5.75 Å². The molecule has 0 atom stereocenters. The van der Waals surface area contributed by atoms with Gasteiger partial charge < -0.3 is 10.1 Å². The van der Waals surface area contributed by atoms with E-state index in [-0.39, 0.29) is 11.4 Å². The summed E-state index contributed by atoms with van der Waals surface area (Å²) >= 11 is 0. The summed E-state index contributed by atoms with van der Waals surface area (Å²) in [5, 5.41) is 2.41. The lowest BCUT2D eigenvalue weighted by Crippen LogP contribution is -2.42. The number of benzene rings is 2. The number of amides is 1. The van der Waals surface area contributed by atoms with E-state index in [1.54, 1.807) is 0 Å². The third-order valence-corrected chi connectivity index (χ3v) is 3.57. The standard InChI is InChI=1S/C18H15F6NO2/c1-16(2,27-14-9-5-12(6-10-14)18(22,23)24)15(26)25-13-7-3-11(4-8-13)17(19,20)21/h3-10H,1-2H3,(H,25,26). The van der Waals surface area contributed by atoms with Crippen LogP contribution in [-0.2, 0) is 17.1 Å². The Labute approximate surface area is 150 Å². The summed E-state index contributed by atoms with van der Waals surface area (Å²) in [4.78, 5) is 12.3. The van der Waals surface area contributed by atoms with E-state index < -0.39 is 35.0 Å². The molecule has 3 nitrogen and oxygen atoms in total. The molecule has 1 N–H and O–H groups in total. The molecule has 0 saturated carbocycles. The van der Waals surface area contributed by atoms with Gasteiger partial charge in [-0.05, 0) is 62.4 Å². The van der Waals surface area contributed by atoms with Crippen molar-refractivity contribution >= 4 is 11.6 Å². The van der Waals surface area contributed by atoms with Gasteiger partial charge in [0, 0.05) is 5.69 Å². The minimum absolute atomic E-state index is 0.0376.